The van der Waals surface area contributed by atoms with E-state index >= 15 is 0 Å². The Bertz CT molecular complexity index is 928. The van der Waals surface area contributed by atoms with Gasteiger partial charge in [-0.15, -0.1) is 0 Å². The predicted octanol–water partition coefficient (Wildman–Crippen LogP) is 2.58. The number of hydrogen-bond acceptors (Lipinski definition) is 5. The fourth-order valence-electron chi connectivity index (χ4n) is 3.23. The first-order valence-electron chi connectivity index (χ1n) is 9.71. The minimum Gasteiger partial charge on any atom is -0.390 e. The number of aliphatic imine (C=N–C) groups is 1. The molecule has 1 aromatic carbocycles. The van der Waals surface area contributed by atoms with Crippen LogP contribution in [0.1, 0.15) is 30.3 Å². The van der Waals surface area contributed by atoms with Gasteiger partial charge in [-0.05, 0) is 20.4 Å². The third kappa shape index (κ3) is 4.55. The van der Waals surface area contributed by atoms with Crippen LogP contribution in [-0.2, 0) is 13.0 Å². The van der Waals surface area contributed by atoms with E-state index in [4.69, 9.17) is 10.7 Å². The first-order valence-corrected chi connectivity index (χ1v) is 9.71. The Labute approximate surface area is 166 Å². The molecule has 0 aliphatic heterocycles. The summed E-state index contributed by atoms with van der Waals surface area (Å²) in [5.74, 6) is 0. The quantitative estimate of drug-likeness (QED) is 0.339. The van der Waals surface area contributed by atoms with Gasteiger partial charge in [0.15, 0.2) is 5.65 Å². The van der Waals surface area contributed by atoms with Crippen LogP contribution in [0.2, 0.25) is 0 Å². The lowest BCUT2D eigenvalue weighted by Crippen LogP contribution is -2.37. The number of nitrogens with one attached hydrogen (secondary N) is 1. The second kappa shape index (κ2) is 9.43. The smallest absolute Gasteiger partial charge is 0.156 e. The maximum atomic E-state index is 5.37. The summed E-state index contributed by atoms with van der Waals surface area (Å²) in [5.41, 5.74) is 15.0. The molecule has 0 bridgehead atoms. The summed E-state index contributed by atoms with van der Waals surface area (Å²) >= 11 is 0. The fourth-order valence-corrected chi connectivity index (χ4v) is 3.23. The van der Waals surface area contributed by atoms with Crippen molar-refractivity contribution in [2.75, 3.05) is 20.1 Å². The fraction of sp³-hybridized carbons (Fsp3) is 0.381. The van der Waals surface area contributed by atoms with Gasteiger partial charge in [-0.25, -0.2) is 9.99 Å². The highest BCUT2D eigenvalue weighted by molar-refractivity contribution is 5.66. The van der Waals surface area contributed by atoms with E-state index in [1.165, 1.54) is 11.9 Å². The number of rotatable bonds is 9. The van der Waals surface area contributed by atoms with Crippen LogP contribution < -0.4 is 11.2 Å². The highest BCUT2D eigenvalue weighted by Gasteiger charge is 2.17. The topological polar surface area (TPSA) is 83.8 Å². The van der Waals surface area contributed by atoms with Crippen molar-refractivity contribution >= 4 is 12.0 Å². The number of nitrogens with zero attached hydrogens (tertiary/aromatic N) is 5. The second-order valence-corrected chi connectivity index (χ2v) is 6.83. The number of imidazole rings is 1. The van der Waals surface area contributed by atoms with E-state index in [0.717, 1.165) is 47.7 Å². The molecule has 0 atom stereocenters. The summed E-state index contributed by atoms with van der Waals surface area (Å²) in [5, 5.41) is 2.12. The van der Waals surface area contributed by atoms with Crippen molar-refractivity contribution in [3.8, 4) is 11.3 Å². The van der Waals surface area contributed by atoms with Gasteiger partial charge in [0.05, 0.1) is 42.7 Å². The Morgan fingerprint density at radius 1 is 1.29 bits per heavy atom. The minimum atomic E-state index is 0.635. The number of hydrogen-bond donors (Lipinski definition) is 2. The van der Waals surface area contributed by atoms with Crippen molar-refractivity contribution < 1.29 is 0 Å². The average Bonchev–Trinajstić information content (AvgIpc) is 3.06. The monoisotopic (exact) mass is 379 g/mol. The SMILES string of the molecule is CCCc1cn2c(CN(CCN=CN)NC)c(-c3ccc(C)cc3)nc2cn1. The Kier molecular flexibility index (Phi) is 6.73. The molecule has 7 heteroatoms. The molecule has 0 aliphatic rings. The first-order chi connectivity index (χ1) is 13.7. The zero-order valence-corrected chi connectivity index (χ0v) is 16.9. The van der Waals surface area contributed by atoms with E-state index in [9.17, 15) is 0 Å². The van der Waals surface area contributed by atoms with Gasteiger partial charge >= 0.3 is 0 Å². The molecule has 0 unspecified atom stereocenters. The Morgan fingerprint density at radius 2 is 2.07 bits per heavy atom. The van der Waals surface area contributed by atoms with Crippen LogP contribution in [0.15, 0.2) is 41.7 Å². The lowest BCUT2D eigenvalue weighted by Gasteiger charge is -2.20. The first kappa shape index (κ1) is 20.0. The largest absolute Gasteiger partial charge is 0.390 e. The number of aryl methyl sites for hydroxylation is 2. The molecule has 3 N–H and O–H groups in total. The molecule has 0 amide bonds. The minimum absolute atomic E-state index is 0.635. The third-order valence-corrected chi connectivity index (χ3v) is 4.75. The normalized spacial score (nSPS) is 11.9. The molecule has 0 spiro atoms. The summed E-state index contributed by atoms with van der Waals surface area (Å²) in [7, 11) is 1.92. The van der Waals surface area contributed by atoms with Crippen LogP contribution in [0.3, 0.4) is 0 Å². The van der Waals surface area contributed by atoms with Crippen LogP contribution in [0.4, 0.5) is 0 Å². The van der Waals surface area contributed by atoms with Crippen LogP contribution in [0.25, 0.3) is 16.9 Å². The molecule has 148 valence electrons. The molecular formula is C21H29N7. The van der Waals surface area contributed by atoms with E-state index in [-0.39, 0.29) is 0 Å². The highest BCUT2D eigenvalue weighted by atomic mass is 15.5. The zero-order chi connectivity index (χ0) is 19.9. The lowest BCUT2D eigenvalue weighted by molar-refractivity contribution is 0.202. The van der Waals surface area contributed by atoms with Gasteiger partial charge in [0, 0.05) is 18.3 Å². The molecule has 3 rings (SSSR count). The van der Waals surface area contributed by atoms with Crippen LogP contribution in [0.5, 0.6) is 0 Å². The predicted molar refractivity (Wildman–Crippen MR) is 114 cm³/mol. The lowest BCUT2D eigenvalue weighted by atomic mass is 10.1. The number of hydrazine groups is 1. The van der Waals surface area contributed by atoms with E-state index < -0.39 is 0 Å². The molecular weight excluding hydrogens is 350 g/mol. The van der Waals surface area contributed by atoms with Crippen molar-refractivity contribution in [1.82, 2.24) is 24.8 Å². The average molecular weight is 380 g/mol. The molecule has 0 radical (unpaired) electrons. The second-order valence-electron chi connectivity index (χ2n) is 6.83. The summed E-state index contributed by atoms with van der Waals surface area (Å²) in [6.07, 6.45) is 7.35. The Morgan fingerprint density at radius 3 is 2.75 bits per heavy atom. The van der Waals surface area contributed by atoms with Crippen LogP contribution >= 0.6 is 0 Å². The zero-order valence-electron chi connectivity index (χ0n) is 16.9. The molecule has 3 aromatic rings. The van der Waals surface area contributed by atoms with Crippen molar-refractivity contribution in [2.24, 2.45) is 10.7 Å². The third-order valence-electron chi connectivity index (χ3n) is 4.75. The summed E-state index contributed by atoms with van der Waals surface area (Å²) in [4.78, 5) is 13.6. The van der Waals surface area contributed by atoms with Gasteiger partial charge in [-0.2, -0.15) is 0 Å². The number of fused-ring (bicyclic) bond motifs is 1. The van der Waals surface area contributed by atoms with Gasteiger partial charge in [0.1, 0.15) is 0 Å². The maximum Gasteiger partial charge on any atom is 0.156 e. The molecule has 2 aromatic heterocycles. The van der Waals surface area contributed by atoms with Gasteiger partial charge < -0.3 is 5.73 Å². The van der Waals surface area contributed by atoms with E-state index in [2.05, 4.69) is 69.1 Å². The number of nitrogens with two attached hydrogens (primary N) is 1. The van der Waals surface area contributed by atoms with E-state index in [1.54, 1.807) is 0 Å². The Hall–Kier alpha value is -2.77. The van der Waals surface area contributed by atoms with Crippen LogP contribution in [0, 0.1) is 6.92 Å². The molecule has 2 heterocycles. The van der Waals surface area contributed by atoms with Crippen molar-refractivity contribution in [3.05, 3.63) is 53.6 Å². The Balaban J connectivity index is 2.05. The van der Waals surface area contributed by atoms with Gasteiger partial charge in [-0.1, -0.05) is 43.2 Å². The van der Waals surface area contributed by atoms with E-state index in [0.29, 0.717) is 13.1 Å². The standard InChI is InChI=1S/C21H29N7/c1-4-5-18-13-28-19(14-27(23-3)11-10-24-15-22)21(26-20(28)12-25-18)17-8-6-16(2)7-9-17/h6-9,12-13,15,23H,4-5,10-11,14H2,1-3H3,(H2,22,24). The number of aromatic nitrogens is 3. The van der Waals surface area contributed by atoms with Crippen molar-refractivity contribution in [3.63, 3.8) is 0 Å². The molecule has 0 aliphatic carbocycles. The van der Waals surface area contributed by atoms with Gasteiger partial charge in [-0.3, -0.25) is 19.8 Å². The van der Waals surface area contributed by atoms with E-state index in [1.807, 2.05) is 13.2 Å². The number of benzene rings is 1. The van der Waals surface area contributed by atoms with Crippen LogP contribution in [-0.4, -0.2) is 45.9 Å². The molecule has 7 nitrogen and oxygen atoms in total. The molecule has 0 fully saturated rings. The molecule has 0 saturated heterocycles. The summed E-state index contributed by atoms with van der Waals surface area (Å²) in [6, 6.07) is 8.50. The van der Waals surface area contributed by atoms with Gasteiger partial charge in [0.2, 0.25) is 0 Å². The maximum absolute atomic E-state index is 5.37. The molecule has 0 saturated carbocycles. The van der Waals surface area contributed by atoms with Crippen molar-refractivity contribution in [1.29, 1.82) is 0 Å². The highest BCUT2D eigenvalue weighted by Crippen LogP contribution is 2.26. The molecule has 28 heavy (non-hydrogen) atoms. The van der Waals surface area contributed by atoms with Crippen molar-refractivity contribution in [2.45, 2.75) is 33.2 Å². The van der Waals surface area contributed by atoms with Gasteiger partial charge in [0.25, 0.3) is 0 Å². The summed E-state index contributed by atoms with van der Waals surface area (Å²) in [6.45, 7) is 6.33. The summed E-state index contributed by atoms with van der Waals surface area (Å²) < 4.78 is 2.17.